The largest absolute Gasteiger partial charge is 1.00 e. The summed E-state index contributed by atoms with van der Waals surface area (Å²) in [7, 11) is 38.3. The second kappa shape index (κ2) is 53.5. The zero-order valence-electron chi connectivity index (χ0n) is 56.7. The van der Waals surface area contributed by atoms with Crippen molar-refractivity contribution in [2.24, 2.45) is 0 Å². The maximum atomic E-state index is 13.1. The number of aromatic nitrogens is 6. The molecule has 100 heavy (non-hydrogen) atoms. The first-order valence-corrected chi connectivity index (χ1v) is 79.9. The molecular weight excluding hydrogens is 2130 g/mol. The molecule has 19 nitrogen and oxygen atoms in total. The Labute approximate surface area is 776 Å². The van der Waals surface area contributed by atoms with Gasteiger partial charge in [-0.3, -0.25) is 33.6 Å². The number of hydrogen-bond acceptors (Lipinski definition) is 15. The summed E-state index contributed by atoms with van der Waals surface area (Å²) in [6.45, 7) is 2.19. The van der Waals surface area contributed by atoms with E-state index in [0.29, 0.717) is 67.0 Å². The molecule has 15 atom stereocenters. The van der Waals surface area contributed by atoms with Crippen molar-refractivity contribution in [3.05, 3.63) is 95.0 Å². The molecule has 2 aliphatic heterocycles. The van der Waals surface area contributed by atoms with Gasteiger partial charge >= 0.3 is 138 Å². The average molecular weight is 2220 g/mol. The number of aryl methyl sites for hydroxylation is 2. The Morgan fingerprint density at radius 1 is 0.640 bits per heavy atom. The van der Waals surface area contributed by atoms with Gasteiger partial charge in [0.05, 0.1) is 103 Å². The van der Waals surface area contributed by atoms with Crippen molar-refractivity contribution in [2.45, 2.75) is 76.1 Å². The summed E-state index contributed by atoms with van der Waals surface area (Å²) < 4.78 is 65.0. The first-order valence-electron chi connectivity index (χ1n) is 28.7. The van der Waals surface area contributed by atoms with Crippen LogP contribution in [0.4, 0.5) is 27.1 Å². The maximum Gasteiger partial charge on any atom is 1.00 e. The summed E-state index contributed by atoms with van der Waals surface area (Å²) in [6, 6.07) is 15.8. The molecule has 0 saturated heterocycles. The molecule has 0 bridgehead atoms. The number of amides is 2. The van der Waals surface area contributed by atoms with E-state index in [1.165, 1.54) is 25.4 Å². The predicted molar refractivity (Wildman–Crippen MR) is 498 cm³/mol. The van der Waals surface area contributed by atoms with Gasteiger partial charge in [-0.1, -0.05) is 23.2 Å². The first-order chi connectivity index (χ1) is 46.1. The summed E-state index contributed by atoms with van der Waals surface area (Å²) in [5, 5.41) is 12.5. The fraction of sp³-hybridized carbons (Fsp3) is 0.413. The minimum absolute atomic E-state index is 0. The molecule has 4 aliphatic rings. The van der Waals surface area contributed by atoms with Gasteiger partial charge in [0.1, 0.15) is 31.3 Å². The molecule has 54 heteroatoms. The molecule has 2 aromatic carbocycles. The van der Waals surface area contributed by atoms with Gasteiger partial charge in [-0.15, -0.1) is 149 Å². The van der Waals surface area contributed by atoms with E-state index in [9.17, 15) is 30.8 Å². The maximum absolute atomic E-state index is 13.1. The van der Waals surface area contributed by atoms with Crippen molar-refractivity contribution in [1.82, 2.24) is 29.1 Å². The number of rotatable bonds is 25. The Balaban J connectivity index is 0.000000672. The van der Waals surface area contributed by atoms with Gasteiger partial charge in [0.15, 0.2) is 0 Å². The predicted octanol–water partition coefficient (Wildman–Crippen LogP) is 15.4. The Kier molecular flexibility index (Phi) is 55.7. The summed E-state index contributed by atoms with van der Waals surface area (Å²) in [5.41, 5.74) is 7.05. The van der Waals surface area contributed by atoms with E-state index in [-0.39, 0.29) is 278 Å². The Bertz CT molecular complexity index is 3800. The van der Waals surface area contributed by atoms with Gasteiger partial charge in [0, 0.05) is 60.1 Å². The zero-order valence-corrected chi connectivity index (χ0v) is 98.8. The number of benzene rings is 2. The number of carbonyl (C=O) groups is 3. The molecule has 4 aromatic heterocycles. The van der Waals surface area contributed by atoms with Gasteiger partial charge in [-0.25, -0.2) is 26.8 Å². The number of hydrogen-bond donors (Lipinski definition) is 1. The number of halogens is 5. The van der Waals surface area contributed by atoms with Crippen molar-refractivity contribution in [1.29, 1.82) is 0 Å². The normalized spacial score (nSPS) is 14.8. The third-order valence-corrected chi connectivity index (χ3v) is 183. The number of nitrogens with zero attached hydrogens (tertiary/aromatic N) is 9. The Morgan fingerprint density at radius 3 is 1.43 bits per heavy atom. The van der Waals surface area contributed by atoms with Crippen LogP contribution in [0, 0.1) is 0 Å². The molecule has 2 aliphatic carbocycles. The number of carbonyl (C=O) groups excluding carboxylic acids is 3. The van der Waals surface area contributed by atoms with Gasteiger partial charge < -0.3 is 35.8 Å². The van der Waals surface area contributed by atoms with E-state index in [4.69, 9.17) is 51.2 Å². The van der Waals surface area contributed by atoms with Crippen LogP contribution in [-0.4, -0.2) is 121 Å². The van der Waals surface area contributed by atoms with Crippen LogP contribution in [0.5, 0.6) is 0 Å². The van der Waals surface area contributed by atoms with Crippen LogP contribution in [0.2, 0.25) is 10.0 Å². The number of fused-ring (bicyclic) bond motifs is 4. The van der Waals surface area contributed by atoms with Crippen LogP contribution in [0.3, 0.4) is 0 Å². The van der Waals surface area contributed by atoms with E-state index < -0.39 is 26.8 Å². The van der Waals surface area contributed by atoms with E-state index in [0.717, 1.165) is 63.5 Å². The van der Waals surface area contributed by atoms with Gasteiger partial charge in [0.25, 0.3) is 6.47 Å². The molecule has 1 N–H and O–H groups in total. The molecule has 2 amide bonds. The number of sulfone groups is 2. The van der Waals surface area contributed by atoms with Crippen LogP contribution in [0.1, 0.15) is 53.0 Å². The van der Waals surface area contributed by atoms with Crippen LogP contribution >= 0.6 is 256 Å². The standard InChI is InChI=1S/C22H24ClN5O3S.C12H14Cl2N2O2S.C10H11N3O.CH3F.CH2O3.ClH.2Cs.H28P26.H/c1-32(30,31)10-2-9-26-18-6-3-15(23)11-17(18)25-21(26)13-28-20-12-24-8-7-19(20)27(14-22(28)29)16-4-5-16;1-19(17,18)6-2-5-16-11-4-3-9(14)7-10(11)15-12(16)8-13;14-10-6-13(7-1-2-7)9-3-4-11-5-8(9)12-10;1-2;2-1-4-3;;;;1-15(2)22(16(3)4)25(21(13)14)26(23(17(5)6)18(7)8)24(19(9)10)20(11)12;/h3,6-8,11-12,16H,2,4-5,9-10,13-14H2,1H3;3-4,7H,2,5-6,8H2,1H3;3-5,7H,1-2,6H2,(H,12,14);1H3;1,3H;1H;;;1-14H2;/q;;;;;;2*+1;;-1/p-1/i;;;1D;;;;;;. The van der Waals surface area contributed by atoms with Crippen LogP contribution < -0.4 is 163 Å². The summed E-state index contributed by atoms with van der Waals surface area (Å²) in [4.78, 5) is 59.3. The number of nitrogens with one attached hydrogen (secondary N) is 1. The first kappa shape index (κ1) is 104. The van der Waals surface area contributed by atoms with Crippen molar-refractivity contribution < 1.29 is 186 Å². The van der Waals surface area contributed by atoms with E-state index in [2.05, 4.69) is 160 Å². The molecule has 10 rings (SSSR count). The van der Waals surface area contributed by atoms with Crippen molar-refractivity contribution in [2.75, 3.05) is 64.3 Å². The number of alkyl halides is 2. The number of imidazole rings is 2. The van der Waals surface area contributed by atoms with Crippen LogP contribution in [0.15, 0.2) is 73.3 Å². The Morgan fingerprint density at radius 2 is 1.03 bits per heavy atom. The summed E-state index contributed by atoms with van der Waals surface area (Å²) >= 11 is 18.0. The van der Waals surface area contributed by atoms with Crippen LogP contribution in [0.25, 0.3) is 22.1 Å². The second-order valence-electron chi connectivity index (χ2n) is 20.9. The fourth-order valence-corrected chi connectivity index (χ4v) is 346. The van der Waals surface area contributed by atoms with Gasteiger partial charge in [0.2, 0.25) is 11.8 Å². The fourth-order valence-electron chi connectivity index (χ4n) is 9.56. The van der Waals surface area contributed by atoms with Gasteiger partial charge in [-0.2, -0.15) is 0 Å². The quantitative estimate of drug-likeness (QED) is 0.0184. The SMILES string of the molecule is CS(=O)(=O)CCCn1c(CCl)nc2cc(Cl)ccc21.CS(=O)(=O)CCCn1c(CN2C(=O)CN(C3CC3)c3ccncc32)nc2cc(Cl)ccc21.Cl.O=C1CN(C2CC2)c2ccncc2N1.O=CO[O-].PP(P)P(P(P)P)P(P(P)P)P(P(P(P)P)P(P)P)P(P(P)P)P(P)P.[2H]CF.[Cs+].[Cs+].[H-]. The minimum atomic E-state index is -3.07. The third kappa shape index (κ3) is 34.6. The topological polar surface area (TPSA) is 235 Å². The van der Waals surface area contributed by atoms with E-state index in [1.54, 1.807) is 54.0 Å². The molecule has 6 heterocycles. The van der Waals surface area contributed by atoms with E-state index >= 15 is 0 Å². The molecular formula is C46H83Cl4Cs2FN10O9P26S2. The zero-order chi connectivity index (χ0) is 73.1. The minimum Gasteiger partial charge on any atom is -1.00 e. The van der Waals surface area contributed by atoms with Crippen molar-refractivity contribution in [3.8, 4) is 0 Å². The number of pyridine rings is 2. The van der Waals surface area contributed by atoms with Crippen molar-refractivity contribution >= 4 is 339 Å². The third-order valence-electron chi connectivity index (χ3n) is 13.6. The molecule has 15 unspecified atom stereocenters. The van der Waals surface area contributed by atoms with Gasteiger partial charge in [-0.05, 0) is 171 Å². The molecule has 0 radical (unpaired) electrons. The molecule has 550 valence electrons. The molecule has 2 saturated carbocycles. The average Bonchev–Trinajstić information content (AvgIpc) is 1.38. The number of anilines is 4. The smallest absolute Gasteiger partial charge is 1.00 e. The van der Waals surface area contributed by atoms with Crippen LogP contribution in [-0.2, 0) is 64.5 Å². The summed E-state index contributed by atoms with van der Waals surface area (Å²) in [6.07, 6.45) is 15.1. The van der Waals surface area contributed by atoms with E-state index in [1.807, 2.05) is 33.4 Å². The Hall–Kier alpha value is 9.92. The molecule has 2 fully saturated rings. The summed E-state index contributed by atoms with van der Waals surface area (Å²) in [5.74, 6) is 2.02. The molecule has 6 aromatic rings. The van der Waals surface area contributed by atoms with Crippen molar-refractivity contribution in [3.63, 3.8) is 0 Å². The monoisotopic (exact) mass is 2210 g/mol. The second-order valence-corrected chi connectivity index (χ2v) is 131. The molecule has 0 spiro atoms.